The Morgan fingerprint density at radius 1 is 1.35 bits per heavy atom. The standard InChI is InChI=1S/C14H21NO4S/c1-11-13(7-9-19-11)10-15-20(17,18)14-4-2-12(3-5-14)6-8-16/h2-5,11,13,15-16H,6-10H2,1H3. The minimum atomic E-state index is -3.47. The number of ether oxygens (including phenoxy) is 1. The fourth-order valence-electron chi connectivity index (χ4n) is 2.31. The molecule has 2 N–H and O–H groups in total. The normalized spacial score (nSPS) is 23.1. The van der Waals surface area contributed by atoms with E-state index >= 15 is 0 Å². The van der Waals surface area contributed by atoms with E-state index in [0.717, 1.165) is 12.0 Å². The second-order valence-corrected chi connectivity index (χ2v) is 6.86. The van der Waals surface area contributed by atoms with Gasteiger partial charge in [0.05, 0.1) is 11.0 Å². The molecule has 6 heteroatoms. The van der Waals surface area contributed by atoms with Crippen LogP contribution in [0.5, 0.6) is 0 Å². The largest absolute Gasteiger partial charge is 0.396 e. The van der Waals surface area contributed by atoms with E-state index in [1.54, 1.807) is 24.3 Å². The summed E-state index contributed by atoms with van der Waals surface area (Å²) in [5.41, 5.74) is 0.921. The number of aliphatic hydroxyl groups is 1. The van der Waals surface area contributed by atoms with Gasteiger partial charge < -0.3 is 9.84 Å². The fourth-order valence-corrected chi connectivity index (χ4v) is 3.40. The summed E-state index contributed by atoms with van der Waals surface area (Å²) >= 11 is 0. The van der Waals surface area contributed by atoms with Crippen molar-refractivity contribution in [2.45, 2.75) is 30.8 Å². The molecule has 0 aromatic heterocycles. The molecule has 2 unspecified atom stereocenters. The molecule has 1 heterocycles. The van der Waals surface area contributed by atoms with Gasteiger partial charge in [0.15, 0.2) is 0 Å². The first-order chi connectivity index (χ1) is 9.53. The lowest BCUT2D eigenvalue weighted by Crippen LogP contribution is -2.32. The SMILES string of the molecule is CC1OCCC1CNS(=O)(=O)c1ccc(CCO)cc1. The molecule has 2 rings (SSSR count). The maximum absolute atomic E-state index is 12.2. The molecule has 1 aliphatic heterocycles. The smallest absolute Gasteiger partial charge is 0.240 e. The molecule has 1 aromatic rings. The van der Waals surface area contributed by atoms with Gasteiger partial charge in [-0.25, -0.2) is 13.1 Å². The van der Waals surface area contributed by atoms with Crippen LogP contribution in [-0.2, 0) is 21.2 Å². The molecule has 0 bridgehead atoms. The van der Waals surface area contributed by atoms with E-state index in [0.29, 0.717) is 19.6 Å². The highest BCUT2D eigenvalue weighted by Crippen LogP contribution is 2.20. The van der Waals surface area contributed by atoms with Gasteiger partial charge in [-0.1, -0.05) is 12.1 Å². The summed E-state index contributed by atoms with van der Waals surface area (Å²) in [4.78, 5) is 0.255. The molecule has 1 aliphatic rings. The van der Waals surface area contributed by atoms with Crippen molar-refractivity contribution in [3.05, 3.63) is 29.8 Å². The molecule has 1 aromatic carbocycles. The average Bonchev–Trinajstić information content (AvgIpc) is 2.83. The van der Waals surface area contributed by atoms with Gasteiger partial charge in [0.1, 0.15) is 0 Å². The van der Waals surface area contributed by atoms with Crippen LogP contribution in [0, 0.1) is 5.92 Å². The summed E-state index contributed by atoms with van der Waals surface area (Å²) < 4.78 is 32.4. The van der Waals surface area contributed by atoms with Crippen LogP contribution in [0.15, 0.2) is 29.2 Å². The molecule has 2 atom stereocenters. The predicted molar refractivity (Wildman–Crippen MR) is 75.9 cm³/mol. The van der Waals surface area contributed by atoms with Crippen molar-refractivity contribution in [3.8, 4) is 0 Å². The molecular formula is C14H21NO4S. The Balaban J connectivity index is 1.98. The lowest BCUT2D eigenvalue weighted by Gasteiger charge is -2.15. The summed E-state index contributed by atoms with van der Waals surface area (Å²) in [6.45, 7) is 3.13. The first-order valence-corrected chi connectivity index (χ1v) is 8.32. The van der Waals surface area contributed by atoms with Crippen molar-refractivity contribution >= 4 is 10.0 Å². The lowest BCUT2D eigenvalue weighted by molar-refractivity contribution is 0.107. The summed E-state index contributed by atoms with van der Waals surface area (Å²) in [5, 5.41) is 8.84. The van der Waals surface area contributed by atoms with Crippen molar-refractivity contribution in [1.29, 1.82) is 0 Å². The highest BCUT2D eigenvalue weighted by molar-refractivity contribution is 7.89. The molecule has 20 heavy (non-hydrogen) atoms. The van der Waals surface area contributed by atoms with Gasteiger partial charge in [-0.05, 0) is 37.5 Å². The van der Waals surface area contributed by atoms with E-state index in [4.69, 9.17) is 9.84 Å². The van der Waals surface area contributed by atoms with E-state index in [9.17, 15) is 8.42 Å². The van der Waals surface area contributed by atoms with Crippen LogP contribution in [0.25, 0.3) is 0 Å². The molecule has 0 radical (unpaired) electrons. The third-order valence-corrected chi connectivity index (χ3v) is 5.14. The van der Waals surface area contributed by atoms with Crippen molar-refractivity contribution in [1.82, 2.24) is 4.72 Å². The lowest BCUT2D eigenvalue weighted by atomic mass is 10.0. The topological polar surface area (TPSA) is 75.6 Å². The second-order valence-electron chi connectivity index (χ2n) is 5.09. The average molecular weight is 299 g/mol. The number of rotatable bonds is 6. The molecule has 0 amide bonds. The zero-order valence-electron chi connectivity index (χ0n) is 11.6. The Morgan fingerprint density at radius 3 is 2.60 bits per heavy atom. The molecule has 0 aliphatic carbocycles. The second kappa shape index (κ2) is 6.67. The van der Waals surface area contributed by atoms with Gasteiger partial charge in [0, 0.05) is 25.7 Å². The van der Waals surface area contributed by atoms with Gasteiger partial charge in [0.2, 0.25) is 10.0 Å². The summed E-state index contributed by atoms with van der Waals surface area (Å²) in [5.74, 6) is 0.235. The van der Waals surface area contributed by atoms with Crippen LogP contribution < -0.4 is 4.72 Å². The maximum Gasteiger partial charge on any atom is 0.240 e. The Morgan fingerprint density at radius 2 is 2.05 bits per heavy atom. The van der Waals surface area contributed by atoms with Crippen LogP contribution in [0.2, 0.25) is 0 Å². The highest BCUT2D eigenvalue weighted by Gasteiger charge is 2.26. The molecular weight excluding hydrogens is 278 g/mol. The Hall–Kier alpha value is -0.950. The van der Waals surface area contributed by atoms with E-state index in [1.165, 1.54) is 0 Å². The van der Waals surface area contributed by atoms with E-state index in [-0.39, 0.29) is 23.5 Å². The number of hydrogen-bond donors (Lipinski definition) is 2. The van der Waals surface area contributed by atoms with Crippen LogP contribution >= 0.6 is 0 Å². The van der Waals surface area contributed by atoms with Crippen molar-refractivity contribution in [2.75, 3.05) is 19.8 Å². The van der Waals surface area contributed by atoms with Crippen LogP contribution in [-0.4, -0.2) is 39.4 Å². The third-order valence-electron chi connectivity index (χ3n) is 3.70. The van der Waals surface area contributed by atoms with Gasteiger partial charge >= 0.3 is 0 Å². The van der Waals surface area contributed by atoms with Crippen molar-refractivity contribution < 1.29 is 18.3 Å². The number of nitrogens with one attached hydrogen (secondary N) is 1. The molecule has 1 saturated heterocycles. The first kappa shape index (κ1) is 15.4. The minimum absolute atomic E-state index is 0.0594. The quantitative estimate of drug-likeness (QED) is 0.819. The third kappa shape index (κ3) is 3.79. The molecule has 5 nitrogen and oxygen atoms in total. The van der Waals surface area contributed by atoms with Gasteiger partial charge in [-0.15, -0.1) is 0 Å². The molecule has 112 valence electrons. The number of aliphatic hydroxyl groups excluding tert-OH is 1. The maximum atomic E-state index is 12.2. The van der Waals surface area contributed by atoms with Crippen LogP contribution in [0.4, 0.5) is 0 Å². The van der Waals surface area contributed by atoms with Crippen LogP contribution in [0.3, 0.4) is 0 Å². The first-order valence-electron chi connectivity index (χ1n) is 6.84. The van der Waals surface area contributed by atoms with Crippen molar-refractivity contribution in [3.63, 3.8) is 0 Å². The molecule has 0 saturated carbocycles. The van der Waals surface area contributed by atoms with Gasteiger partial charge in [0.25, 0.3) is 0 Å². The zero-order valence-corrected chi connectivity index (χ0v) is 12.4. The number of sulfonamides is 1. The summed E-state index contributed by atoms with van der Waals surface area (Å²) in [6.07, 6.45) is 1.52. The van der Waals surface area contributed by atoms with Crippen molar-refractivity contribution in [2.24, 2.45) is 5.92 Å². The minimum Gasteiger partial charge on any atom is -0.396 e. The Kier molecular flexibility index (Phi) is 5.15. The number of benzene rings is 1. The number of hydrogen-bond acceptors (Lipinski definition) is 4. The molecule has 1 fully saturated rings. The van der Waals surface area contributed by atoms with Gasteiger partial charge in [-0.3, -0.25) is 0 Å². The summed E-state index contributed by atoms with van der Waals surface area (Å²) in [7, 11) is -3.47. The van der Waals surface area contributed by atoms with Gasteiger partial charge in [-0.2, -0.15) is 0 Å². The van der Waals surface area contributed by atoms with E-state index in [1.807, 2.05) is 6.92 Å². The fraction of sp³-hybridized carbons (Fsp3) is 0.571. The predicted octanol–water partition coefficient (Wildman–Crippen LogP) is 0.925. The van der Waals surface area contributed by atoms with E-state index < -0.39 is 10.0 Å². The molecule has 0 spiro atoms. The summed E-state index contributed by atoms with van der Waals surface area (Å²) in [6, 6.07) is 6.60. The monoisotopic (exact) mass is 299 g/mol. The Labute approximate surface area is 120 Å². The van der Waals surface area contributed by atoms with Crippen LogP contribution in [0.1, 0.15) is 18.9 Å². The Bertz CT molecular complexity index is 527. The van der Waals surface area contributed by atoms with E-state index in [2.05, 4.69) is 4.72 Å². The zero-order chi connectivity index (χ0) is 14.6. The highest BCUT2D eigenvalue weighted by atomic mass is 32.2.